The monoisotopic (exact) mass is 346 g/mol. The smallest absolute Gasteiger partial charge is 0.169 e. The molecule has 26 heavy (non-hydrogen) atoms. The van der Waals surface area contributed by atoms with E-state index in [1.807, 2.05) is 99.7 Å². The molecule has 2 rings (SSSR count). The van der Waals surface area contributed by atoms with Gasteiger partial charge in [-0.3, -0.25) is 4.79 Å². The van der Waals surface area contributed by atoms with Crippen LogP contribution in [-0.2, 0) is 0 Å². The van der Waals surface area contributed by atoms with E-state index in [-0.39, 0.29) is 17.8 Å². The molecule has 0 heterocycles. The van der Waals surface area contributed by atoms with Crippen LogP contribution in [0, 0.1) is 5.92 Å². The molecule has 2 heteroatoms. The maximum absolute atomic E-state index is 12.5. The van der Waals surface area contributed by atoms with Gasteiger partial charge in [-0.15, -0.1) is 0 Å². The molecular weight excluding hydrogens is 320 g/mol. The lowest BCUT2D eigenvalue weighted by molar-refractivity contribution is 0.0953. The van der Waals surface area contributed by atoms with E-state index in [9.17, 15) is 4.79 Å². The maximum Gasteiger partial charge on any atom is 0.169 e. The van der Waals surface area contributed by atoms with Crippen LogP contribution in [0.3, 0.4) is 0 Å². The average molecular weight is 346 g/mol. The Hall–Kier alpha value is -2.87. The fraction of sp³-hybridized carbons (Fsp3) is 0.208. The molecule has 0 radical (unpaired) electrons. The van der Waals surface area contributed by atoms with Crippen LogP contribution in [0.2, 0.25) is 0 Å². The Labute approximate surface area is 156 Å². The third kappa shape index (κ3) is 6.21. The van der Waals surface area contributed by atoms with E-state index >= 15 is 0 Å². The third-order valence-corrected chi connectivity index (χ3v) is 3.81. The number of benzene rings is 2. The van der Waals surface area contributed by atoms with E-state index in [0.29, 0.717) is 5.56 Å². The van der Waals surface area contributed by atoms with Crippen molar-refractivity contribution in [1.29, 1.82) is 0 Å². The van der Waals surface area contributed by atoms with Crippen LogP contribution in [0.4, 0.5) is 0 Å². The summed E-state index contributed by atoms with van der Waals surface area (Å²) in [5, 5.41) is 0. The number of carbonyl (C=O) groups excluding carboxylic acids is 1. The van der Waals surface area contributed by atoms with Gasteiger partial charge in [0.2, 0.25) is 0 Å². The summed E-state index contributed by atoms with van der Waals surface area (Å²) >= 11 is 0. The highest BCUT2D eigenvalue weighted by molar-refractivity contribution is 5.98. The van der Waals surface area contributed by atoms with E-state index in [0.717, 1.165) is 16.9 Å². The van der Waals surface area contributed by atoms with Gasteiger partial charge in [0, 0.05) is 11.5 Å². The fourth-order valence-electron chi connectivity index (χ4n) is 2.41. The van der Waals surface area contributed by atoms with Crippen molar-refractivity contribution in [1.82, 2.24) is 0 Å². The van der Waals surface area contributed by atoms with Gasteiger partial charge in [-0.2, -0.15) is 0 Å². The second-order valence-corrected chi connectivity index (χ2v) is 6.52. The lowest BCUT2D eigenvalue weighted by Gasteiger charge is -2.10. The van der Waals surface area contributed by atoms with Crippen molar-refractivity contribution in [2.24, 2.45) is 5.92 Å². The molecule has 0 saturated heterocycles. The van der Waals surface area contributed by atoms with Crippen molar-refractivity contribution in [2.75, 3.05) is 0 Å². The topological polar surface area (TPSA) is 26.3 Å². The first-order valence-corrected chi connectivity index (χ1v) is 8.87. The van der Waals surface area contributed by atoms with E-state index in [1.165, 1.54) is 0 Å². The van der Waals surface area contributed by atoms with Crippen LogP contribution < -0.4 is 4.74 Å². The van der Waals surface area contributed by atoms with Gasteiger partial charge in [-0.05, 0) is 49.2 Å². The molecule has 0 fully saturated rings. The summed E-state index contributed by atoms with van der Waals surface area (Å²) in [6.07, 6.45) is 7.85. The van der Waals surface area contributed by atoms with Gasteiger partial charge in [0.05, 0.1) is 6.10 Å². The van der Waals surface area contributed by atoms with Crippen LogP contribution >= 0.6 is 0 Å². The number of rotatable bonds is 8. The van der Waals surface area contributed by atoms with Crippen molar-refractivity contribution >= 4 is 11.9 Å². The van der Waals surface area contributed by atoms with Gasteiger partial charge in [-0.1, -0.05) is 68.1 Å². The van der Waals surface area contributed by atoms with Crippen molar-refractivity contribution < 1.29 is 9.53 Å². The Morgan fingerprint density at radius 2 is 1.62 bits per heavy atom. The second-order valence-electron chi connectivity index (χ2n) is 6.52. The van der Waals surface area contributed by atoms with Crippen molar-refractivity contribution in [3.05, 3.63) is 96.1 Å². The predicted molar refractivity (Wildman–Crippen MR) is 109 cm³/mol. The normalized spacial score (nSPS) is 12.6. The molecule has 2 nitrogen and oxygen atoms in total. The Bertz CT molecular complexity index is 781. The summed E-state index contributed by atoms with van der Waals surface area (Å²) < 4.78 is 5.61. The molecule has 134 valence electrons. The minimum Gasteiger partial charge on any atom is -0.491 e. The predicted octanol–water partition coefficient (Wildman–Crippen LogP) is 6.12. The molecular formula is C24H26O2. The first-order valence-electron chi connectivity index (χ1n) is 8.87. The highest BCUT2D eigenvalue weighted by Crippen LogP contribution is 2.17. The van der Waals surface area contributed by atoms with E-state index in [2.05, 4.69) is 6.58 Å². The molecule has 0 N–H and O–H groups in total. The molecule has 2 aromatic carbocycles. The Morgan fingerprint density at radius 3 is 2.23 bits per heavy atom. The van der Waals surface area contributed by atoms with Crippen molar-refractivity contribution in [2.45, 2.75) is 26.9 Å². The van der Waals surface area contributed by atoms with E-state index in [4.69, 9.17) is 4.74 Å². The SMILES string of the molecule is C=C(/C=C\C(C)C(=O)c1ccc(OC(C)C)cc1)/C=C/c1ccccc1. The Balaban J connectivity index is 1.94. The fourth-order valence-corrected chi connectivity index (χ4v) is 2.41. The molecule has 2 aromatic rings. The molecule has 0 aromatic heterocycles. The lowest BCUT2D eigenvalue weighted by Crippen LogP contribution is -2.09. The molecule has 0 amide bonds. The number of hydrogen-bond acceptors (Lipinski definition) is 2. The second kappa shape index (κ2) is 9.57. The van der Waals surface area contributed by atoms with E-state index < -0.39 is 0 Å². The van der Waals surface area contributed by atoms with Crippen LogP contribution in [0.25, 0.3) is 6.08 Å². The zero-order chi connectivity index (χ0) is 18.9. The average Bonchev–Trinajstić information content (AvgIpc) is 2.65. The van der Waals surface area contributed by atoms with Gasteiger partial charge >= 0.3 is 0 Å². The summed E-state index contributed by atoms with van der Waals surface area (Å²) in [5.41, 5.74) is 2.66. The van der Waals surface area contributed by atoms with Gasteiger partial charge < -0.3 is 4.74 Å². The van der Waals surface area contributed by atoms with Gasteiger partial charge in [-0.25, -0.2) is 0 Å². The first-order chi connectivity index (χ1) is 12.5. The quantitative estimate of drug-likeness (QED) is 0.425. The highest BCUT2D eigenvalue weighted by Gasteiger charge is 2.12. The number of carbonyl (C=O) groups is 1. The number of ether oxygens (including phenoxy) is 1. The minimum atomic E-state index is -0.214. The van der Waals surface area contributed by atoms with Crippen molar-refractivity contribution in [3.63, 3.8) is 0 Å². The molecule has 1 unspecified atom stereocenters. The summed E-state index contributed by atoms with van der Waals surface area (Å²) in [6, 6.07) is 17.4. The van der Waals surface area contributed by atoms with Crippen LogP contribution in [0.15, 0.2) is 85.0 Å². The zero-order valence-electron chi connectivity index (χ0n) is 15.7. The lowest BCUT2D eigenvalue weighted by atomic mass is 9.98. The van der Waals surface area contributed by atoms with Crippen LogP contribution in [0.5, 0.6) is 5.75 Å². The maximum atomic E-state index is 12.5. The number of allylic oxidation sites excluding steroid dienone is 4. The molecule has 0 aliphatic carbocycles. The van der Waals surface area contributed by atoms with E-state index in [1.54, 1.807) is 0 Å². The summed E-state index contributed by atoms with van der Waals surface area (Å²) in [5.74, 6) is 0.644. The zero-order valence-corrected chi connectivity index (χ0v) is 15.7. The van der Waals surface area contributed by atoms with Gasteiger partial charge in [0.25, 0.3) is 0 Å². The standard InChI is InChI=1S/C24H26O2/c1-18(2)26-23-16-14-22(15-17-23)24(25)20(4)12-10-19(3)11-13-21-8-6-5-7-9-21/h5-18,20H,3H2,1-2,4H3/b12-10-,13-11+. The summed E-state index contributed by atoms with van der Waals surface area (Å²) in [7, 11) is 0. The third-order valence-electron chi connectivity index (χ3n) is 3.81. The largest absolute Gasteiger partial charge is 0.491 e. The van der Waals surface area contributed by atoms with Crippen LogP contribution in [0.1, 0.15) is 36.7 Å². The van der Waals surface area contributed by atoms with Gasteiger partial charge in [0.1, 0.15) is 5.75 Å². The molecule has 1 atom stereocenters. The van der Waals surface area contributed by atoms with Crippen LogP contribution in [-0.4, -0.2) is 11.9 Å². The molecule has 0 aliphatic rings. The number of ketones is 1. The number of Topliss-reactive ketones (excluding diaryl/α,β-unsaturated/α-hetero) is 1. The Morgan fingerprint density at radius 1 is 0.962 bits per heavy atom. The minimum absolute atomic E-state index is 0.0807. The van der Waals surface area contributed by atoms with Gasteiger partial charge in [0.15, 0.2) is 5.78 Å². The first kappa shape index (κ1) is 19.5. The summed E-state index contributed by atoms with van der Waals surface area (Å²) in [6.45, 7) is 9.86. The summed E-state index contributed by atoms with van der Waals surface area (Å²) in [4.78, 5) is 12.5. The molecule has 0 spiro atoms. The van der Waals surface area contributed by atoms with Crippen molar-refractivity contribution in [3.8, 4) is 5.75 Å². The Kier molecular flexibility index (Phi) is 7.16. The molecule has 0 aliphatic heterocycles. The molecule has 0 saturated carbocycles. The number of hydrogen-bond donors (Lipinski definition) is 0. The highest BCUT2D eigenvalue weighted by atomic mass is 16.5. The molecule has 0 bridgehead atoms.